The average molecular weight is 316 g/mol. The second kappa shape index (κ2) is 5.28. The molecule has 2 N–H and O–H groups in total. The van der Waals surface area contributed by atoms with Crippen LogP contribution in [0.2, 0.25) is 10.0 Å². The second-order valence-electron chi connectivity index (χ2n) is 5.02. The lowest BCUT2D eigenvalue weighted by Gasteiger charge is -2.23. The summed E-state index contributed by atoms with van der Waals surface area (Å²) in [6, 6.07) is 3.24. The number of hydrogen-bond donors (Lipinski definition) is 2. The van der Waals surface area contributed by atoms with Crippen LogP contribution in [-0.2, 0) is 9.53 Å². The Balaban J connectivity index is 2.63. The van der Waals surface area contributed by atoms with Gasteiger partial charge in [-0.3, -0.25) is 4.79 Å². The zero-order chi connectivity index (χ0) is 15.1. The van der Waals surface area contributed by atoms with E-state index in [4.69, 9.17) is 27.9 Å². The van der Waals surface area contributed by atoms with Gasteiger partial charge in [0.2, 0.25) is 0 Å². The molecule has 4 nitrogen and oxygen atoms in total. The van der Waals surface area contributed by atoms with E-state index in [1.54, 1.807) is 26.0 Å². The summed E-state index contributed by atoms with van der Waals surface area (Å²) in [6.45, 7) is 3.64. The molecule has 1 aromatic carbocycles. The van der Waals surface area contributed by atoms with Gasteiger partial charge in [0.15, 0.2) is 0 Å². The molecule has 0 bridgehead atoms. The van der Waals surface area contributed by atoms with Gasteiger partial charge in [0, 0.05) is 17.7 Å². The van der Waals surface area contributed by atoms with E-state index in [9.17, 15) is 9.90 Å². The summed E-state index contributed by atoms with van der Waals surface area (Å²) in [5.41, 5.74) is 0.437. The summed E-state index contributed by atoms with van der Waals surface area (Å²) in [7, 11) is 1.50. The first-order chi connectivity index (χ1) is 9.30. The van der Waals surface area contributed by atoms with Gasteiger partial charge in [-0.1, -0.05) is 23.2 Å². The Bertz CT molecular complexity index is 589. The van der Waals surface area contributed by atoms with Gasteiger partial charge in [0.25, 0.3) is 5.91 Å². The van der Waals surface area contributed by atoms with Crippen molar-refractivity contribution in [3.63, 3.8) is 0 Å². The zero-order valence-corrected chi connectivity index (χ0v) is 12.9. The number of rotatable bonds is 3. The predicted octanol–water partition coefficient (Wildman–Crippen LogP) is 3.11. The summed E-state index contributed by atoms with van der Waals surface area (Å²) in [6.07, 6.45) is 0. The number of methoxy groups -OCH3 is 1. The van der Waals surface area contributed by atoms with Crippen LogP contribution in [0.25, 0.3) is 5.57 Å². The van der Waals surface area contributed by atoms with Crippen molar-refractivity contribution in [2.24, 2.45) is 0 Å². The number of aliphatic hydroxyl groups is 1. The van der Waals surface area contributed by atoms with Crippen molar-refractivity contribution in [1.29, 1.82) is 0 Å². The number of carbonyl (C=O) groups excluding carboxylic acids is 1. The topological polar surface area (TPSA) is 58.6 Å². The largest absolute Gasteiger partial charge is 0.509 e. The van der Waals surface area contributed by atoms with Gasteiger partial charge in [-0.05, 0) is 31.5 Å². The highest BCUT2D eigenvalue weighted by Gasteiger charge is 2.43. The summed E-state index contributed by atoms with van der Waals surface area (Å²) in [5.74, 6) is -0.453. The van der Waals surface area contributed by atoms with E-state index in [2.05, 4.69) is 5.32 Å². The van der Waals surface area contributed by atoms with Gasteiger partial charge >= 0.3 is 0 Å². The lowest BCUT2D eigenvalue weighted by Crippen LogP contribution is -2.45. The van der Waals surface area contributed by atoms with E-state index in [0.717, 1.165) is 5.56 Å². The Morgan fingerprint density at radius 2 is 2.05 bits per heavy atom. The second-order valence-corrected chi connectivity index (χ2v) is 5.87. The molecule has 6 heteroatoms. The van der Waals surface area contributed by atoms with Gasteiger partial charge < -0.3 is 15.2 Å². The molecule has 1 aliphatic rings. The first kappa shape index (κ1) is 15.2. The van der Waals surface area contributed by atoms with E-state index >= 15 is 0 Å². The highest BCUT2D eigenvalue weighted by Crippen LogP contribution is 2.38. The van der Waals surface area contributed by atoms with Gasteiger partial charge in [-0.25, -0.2) is 0 Å². The average Bonchev–Trinajstić information content (AvgIpc) is 2.52. The molecular formula is C14H15Cl2NO3. The van der Waals surface area contributed by atoms with E-state index in [0.29, 0.717) is 15.6 Å². The van der Waals surface area contributed by atoms with Crippen LogP contribution < -0.4 is 5.32 Å². The minimum Gasteiger partial charge on any atom is -0.509 e. The number of hydrogen-bond acceptors (Lipinski definition) is 3. The molecule has 0 fully saturated rings. The zero-order valence-electron chi connectivity index (χ0n) is 11.4. The van der Waals surface area contributed by atoms with Crippen LogP contribution in [0.1, 0.15) is 18.1 Å². The summed E-state index contributed by atoms with van der Waals surface area (Å²) in [4.78, 5) is 12.2. The minimum atomic E-state index is -0.948. The lowest BCUT2D eigenvalue weighted by atomic mass is 9.95. The third kappa shape index (κ3) is 2.39. The van der Waals surface area contributed by atoms with Crippen LogP contribution in [-0.4, -0.2) is 30.3 Å². The Morgan fingerprint density at radius 1 is 1.40 bits per heavy atom. The molecule has 0 saturated heterocycles. The highest BCUT2D eigenvalue weighted by atomic mass is 35.5. The fourth-order valence-electron chi connectivity index (χ4n) is 2.40. The van der Waals surface area contributed by atoms with E-state index in [-0.39, 0.29) is 23.8 Å². The van der Waals surface area contributed by atoms with Crippen molar-refractivity contribution in [3.8, 4) is 0 Å². The van der Waals surface area contributed by atoms with Crippen LogP contribution in [0.15, 0.2) is 17.9 Å². The summed E-state index contributed by atoms with van der Waals surface area (Å²) in [5, 5.41) is 13.9. The first-order valence-electron chi connectivity index (χ1n) is 6.01. The fourth-order valence-corrected chi connectivity index (χ4v) is 3.09. The van der Waals surface area contributed by atoms with Crippen molar-refractivity contribution in [2.45, 2.75) is 19.4 Å². The number of aryl methyl sites for hydroxylation is 1. The molecule has 108 valence electrons. The molecule has 1 amide bonds. The maximum absolute atomic E-state index is 12.2. The number of nitrogens with one attached hydrogen (secondary N) is 1. The SMILES string of the molecule is COCC1(C)NC(=O)C(c2c(C)cc(Cl)cc2Cl)=C1O. The van der Waals surface area contributed by atoms with Crippen molar-refractivity contribution in [2.75, 3.05) is 13.7 Å². The van der Waals surface area contributed by atoms with Crippen LogP contribution in [0.3, 0.4) is 0 Å². The lowest BCUT2D eigenvalue weighted by molar-refractivity contribution is -0.116. The molecule has 20 heavy (non-hydrogen) atoms. The summed E-state index contributed by atoms with van der Waals surface area (Å²) < 4.78 is 5.05. The van der Waals surface area contributed by atoms with Crippen molar-refractivity contribution in [1.82, 2.24) is 5.32 Å². The maximum Gasteiger partial charge on any atom is 0.256 e. The third-order valence-electron chi connectivity index (χ3n) is 3.31. The molecule has 0 spiro atoms. The van der Waals surface area contributed by atoms with Crippen LogP contribution in [0.5, 0.6) is 0 Å². The smallest absolute Gasteiger partial charge is 0.256 e. The van der Waals surface area contributed by atoms with Gasteiger partial charge in [0.1, 0.15) is 11.3 Å². The van der Waals surface area contributed by atoms with Crippen molar-refractivity contribution < 1.29 is 14.6 Å². The Labute approximate surface area is 127 Å². The quantitative estimate of drug-likeness (QED) is 0.901. The number of aliphatic hydroxyl groups excluding tert-OH is 1. The van der Waals surface area contributed by atoms with Crippen LogP contribution in [0, 0.1) is 6.92 Å². The van der Waals surface area contributed by atoms with Crippen LogP contribution in [0.4, 0.5) is 0 Å². The number of benzene rings is 1. The number of amides is 1. The van der Waals surface area contributed by atoms with Crippen molar-refractivity contribution in [3.05, 3.63) is 39.1 Å². The minimum absolute atomic E-state index is 0.0725. The standard InChI is InChI=1S/C14H15Cl2NO3/c1-7-4-8(15)5-9(16)10(7)11-12(18)14(2,6-20-3)17-13(11)19/h4-5,18H,6H2,1-3H3,(H,17,19). The Kier molecular flexibility index (Phi) is 4.00. The molecule has 0 saturated carbocycles. The molecule has 1 aliphatic heterocycles. The molecule has 1 atom stereocenters. The number of carbonyl (C=O) groups is 1. The maximum atomic E-state index is 12.2. The molecule has 0 aromatic heterocycles. The first-order valence-corrected chi connectivity index (χ1v) is 6.77. The molecule has 1 unspecified atom stereocenters. The summed E-state index contributed by atoms with van der Waals surface area (Å²) >= 11 is 12.1. The van der Waals surface area contributed by atoms with E-state index in [1.807, 2.05) is 0 Å². The third-order valence-corrected chi connectivity index (χ3v) is 3.83. The van der Waals surface area contributed by atoms with Gasteiger partial charge in [0.05, 0.1) is 17.2 Å². The van der Waals surface area contributed by atoms with Gasteiger partial charge in [-0.15, -0.1) is 0 Å². The van der Waals surface area contributed by atoms with E-state index < -0.39 is 5.54 Å². The Hall–Kier alpha value is -1.23. The van der Waals surface area contributed by atoms with E-state index in [1.165, 1.54) is 7.11 Å². The molecule has 1 heterocycles. The highest BCUT2D eigenvalue weighted by molar-refractivity contribution is 6.38. The monoisotopic (exact) mass is 315 g/mol. The molecule has 2 rings (SSSR count). The molecule has 1 aromatic rings. The predicted molar refractivity (Wildman–Crippen MR) is 79.2 cm³/mol. The van der Waals surface area contributed by atoms with Crippen molar-refractivity contribution >= 4 is 34.7 Å². The molecular weight excluding hydrogens is 301 g/mol. The normalized spacial score (nSPS) is 22.4. The fraction of sp³-hybridized carbons (Fsp3) is 0.357. The Morgan fingerprint density at radius 3 is 2.60 bits per heavy atom. The number of ether oxygens (including phenoxy) is 1. The molecule has 0 aliphatic carbocycles. The van der Waals surface area contributed by atoms with Crippen LogP contribution >= 0.6 is 23.2 Å². The molecule has 0 radical (unpaired) electrons. The van der Waals surface area contributed by atoms with Gasteiger partial charge in [-0.2, -0.15) is 0 Å². The number of halogens is 2.